The highest BCUT2D eigenvalue weighted by Gasteiger charge is 2.38. The molecule has 0 bridgehead atoms. The molecule has 0 saturated carbocycles. The Labute approximate surface area is 124 Å². The lowest BCUT2D eigenvalue weighted by molar-refractivity contribution is -0.130. The molecule has 1 N–H and O–H groups in total. The SMILES string of the molecule is CCC1NC(c2cccs2)N(CCN2CCCC2)C1=O. The summed E-state index contributed by atoms with van der Waals surface area (Å²) in [6.07, 6.45) is 3.55. The molecule has 20 heavy (non-hydrogen) atoms. The van der Waals surface area contributed by atoms with Crippen molar-refractivity contribution < 1.29 is 4.79 Å². The molecule has 2 aliphatic rings. The molecule has 2 atom stereocenters. The molecule has 0 spiro atoms. The highest BCUT2D eigenvalue weighted by atomic mass is 32.1. The Balaban J connectivity index is 1.68. The van der Waals surface area contributed by atoms with Gasteiger partial charge in [-0.2, -0.15) is 0 Å². The molecule has 110 valence electrons. The fraction of sp³-hybridized carbons (Fsp3) is 0.667. The van der Waals surface area contributed by atoms with Gasteiger partial charge in [0.15, 0.2) is 0 Å². The van der Waals surface area contributed by atoms with Crippen LogP contribution in [0.4, 0.5) is 0 Å². The third kappa shape index (κ3) is 2.75. The van der Waals surface area contributed by atoms with E-state index < -0.39 is 0 Å². The fourth-order valence-corrected chi connectivity index (χ4v) is 3.94. The molecule has 0 aromatic carbocycles. The predicted octanol–water partition coefficient (Wildman–Crippen LogP) is 2.05. The first-order valence-electron chi connectivity index (χ1n) is 7.62. The van der Waals surface area contributed by atoms with Gasteiger partial charge < -0.3 is 9.80 Å². The van der Waals surface area contributed by atoms with Crippen LogP contribution in [0.2, 0.25) is 0 Å². The Morgan fingerprint density at radius 1 is 1.35 bits per heavy atom. The lowest BCUT2D eigenvalue weighted by atomic mass is 10.2. The average Bonchev–Trinajstić information content (AvgIpc) is 3.18. The Morgan fingerprint density at radius 2 is 2.15 bits per heavy atom. The van der Waals surface area contributed by atoms with E-state index in [9.17, 15) is 4.79 Å². The number of hydrogen-bond acceptors (Lipinski definition) is 4. The van der Waals surface area contributed by atoms with Crippen LogP contribution in [0.15, 0.2) is 17.5 Å². The highest BCUT2D eigenvalue weighted by Crippen LogP contribution is 2.29. The minimum absolute atomic E-state index is 0.0133. The summed E-state index contributed by atoms with van der Waals surface area (Å²) in [7, 11) is 0. The summed E-state index contributed by atoms with van der Waals surface area (Å²) in [5.41, 5.74) is 0. The van der Waals surface area contributed by atoms with Crippen LogP contribution in [0.25, 0.3) is 0 Å². The molecule has 4 nitrogen and oxygen atoms in total. The number of carbonyl (C=O) groups excluding carboxylic acids is 1. The van der Waals surface area contributed by atoms with Crippen LogP contribution in [-0.2, 0) is 4.79 Å². The molecule has 3 rings (SSSR count). The van der Waals surface area contributed by atoms with Gasteiger partial charge >= 0.3 is 0 Å². The first-order chi connectivity index (χ1) is 9.79. The summed E-state index contributed by atoms with van der Waals surface area (Å²) >= 11 is 1.73. The van der Waals surface area contributed by atoms with Crippen LogP contribution in [0.5, 0.6) is 0 Å². The Kier molecular flexibility index (Phi) is 4.38. The van der Waals surface area contributed by atoms with Gasteiger partial charge in [0, 0.05) is 18.0 Å². The number of hydrogen-bond donors (Lipinski definition) is 1. The minimum Gasteiger partial charge on any atom is -0.319 e. The largest absolute Gasteiger partial charge is 0.319 e. The molecule has 3 heterocycles. The Hall–Kier alpha value is -0.910. The number of nitrogens with zero attached hydrogens (tertiary/aromatic N) is 2. The summed E-state index contributed by atoms with van der Waals surface area (Å²) in [4.78, 5) is 18.3. The zero-order valence-corrected chi connectivity index (χ0v) is 12.9. The van der Waals surface area contributed by atoms with E-state index in [1.165, 1.54) is 30.8 Å². The number of thiophene rings is 1. The third-order valence-corrected chi connectivity index (χ3v) is 5.25. The Bertz CT molecular complexity index is 442. The van der Waals surface area contributed by atoms with E-state index in [1.807, 2.05) is 4.90 Å². The molecule has 0 radical (unpaired) electrons. The lowest BCUT2D eigenvalue weighted by Crippen LogP contribution is -2.37. The van der Waals surface area contributed by atoms with Crippen molar-refractivity contribution in [2.24, 2.45) is 0 Å². The van der Waals surface area contributed by atoms with Gasteiger partial charge in [0.25, 0.3) is 0 Å². The van der Waals surface area contributed by atoms with Crippen molar-refractivity contribution in [1.82, 2.24) is 15.1 Å². The van der Waals surface area contributed by atoms with Crippen LogP contribution >= 0.6 is 11.3 Å². The molecule has 2 aliphatic heterocycles. The number of nitrogens with one attached hydrogen (secondary N) is 1. The summed E-state index contributed by atoms with van der Waals surface area (Å²) < 4.78 is 0. The molecule has 1 aromatic heterocycles. The molecule has 5 heteroatoms. The van der Waals surface area contributed by atoms with Gasteiger partial charge in [0.05, 0.1) is 6.04 Å². The van der Waals surface area contributed by atoms with Crippen LogP contribution in [0.3, 0.4) is 0 Å². The van der Waals surface area contributed by atoms with Crippen molar-refractivity contribution in [3.63, 3.8) is 0 Å². The fourth-order valence-electron chi connectivity index (χ4n) is 3.15. The van der Waals surface area contributed by atoms with Crippen molar-refractivity contribution in [1.29, 1.82) is 0 Å². The van der Waals surface area contributed by atoms with Gasteiger partial charge in [0.1, 0.15) is 6.17 Å². The van der Waals surface area contributed by atoms with E-state index in [0.29, 0.717) is 0 Å². The van der Waals surface area contributed by atoms with E-state index >= 15 is 0 Å². The first-order valence-corrected chi connectivity index (χ1v) is 8.50. The van der Waals surface area contributed by atoms with Gasteiger partial charge in [-0.3, -0.25) is 10.1 Å². The van der Waals surface area contributed by atoms with E-state index in [4.69, 9.17) is 0 Å². The Morgan fingerprint density at radius 3 is 2.80 bits per heavy atom. The topological polar surface area (TPSA) is 35.6 Å². The number of rotatable bonds is 5. The van der Waals surface area contributed by atoms with Crippen molar-refractivity contribution in [3.8, 4) is 0 Å². The molecule has 2 fully saturated rings. The molecule has 2 unspecified atom stereocenters. The zero-order valence-electron chi connectivity index (χ0n) is 12.0. The predicted molar refractivity (Wildman–Crippen MR) is 81.7 cm³/mol. The lowest BCUT2D eigenvalue weighted by Gasteiger charge is -2.26. The quantitative estimate of drug-likeness (QED) is 0.902. The van der Waals surface area contributed by atoms with Crippen LogP contribution < -0.4 is 5.32 Å². The normalized spacial score (nSPS) is 27.6. The summed E-state index contributed by atoms with van der Waals surface area (Å²) in [6.45, 7) is 6.30. The molecule has 2 saturated heterocycles. The molecular weight excluding hydrogens is 270 g/mol. The van der Waals surface area contributed by atoms with E-state index in [0.717, 1.165) is 19.5 Å². The van der Waals surface area contributed by atoms with E-state index in [2.05, 4.69) is 34.7 Å². The summed E-state index contributed by atoms with van der Waals surface area (Å²) in [6, 6.07) is 4.17. The second-order valence-corrected chi connectivity index (χ2v) is 6.61. The van der Waals surface area contributed by atoms with Crippen molar-refractivity contribution >= 4 is 17.2 Å². The second-order valence-electron chi connectivity index (χ2n) is 5.63. The smallest absolute Gasteiger partial charge is 0.241 e. The highest BCUT2D eigenvalue weighted by molar-refractivity contribution is 7.10. The van der Waals surface area contributed by atoms with Gasteiger partial charge in [-0.05, 0) is 43.8 Å². The minimum atomic E-state index is -0.0133. The molecule has 0 aliphatic carbocycles. The number of carbonyl (C=O) groups is 1. The van der Waals surface area contributed by atoms with Crippen LogP contribution in [0, 0.1) is 0 Å². The first kappa shape index (κ1) is 14.0. The van der Waals surface area contributed by atoms with Gasteiger partial charge in [-0.1, -0.05) is 13.0 Å². The summed E-state index contributed by atoms with van der Waals surface area (Å²) in [5, 5.41) is 5.57. The average molecular weight is 293 g/mol. The maximum Gasteiger partial charge on any atom is 0.241 e. The molecular formula is C15H23N3OS. The van der Waals surface area contributed by atoms with Gasteiger partial charge in [0.2, 0.25) is 5.91 Å². The maximum atomic E-state index is 12.5. The van der Waals surface area contributed by atoms with Crippen LogP contribution in [-0.4, -0.2) is 47.9 Å². The monoisotopic (exact) mass is 293 g/mol. The molecule has 1 aromatic rings. The number of amides is 1. The van der Waals surface area contributed by atoms with Gasteiger partial charge in [-0.15, -0.1) is 11.3 Å². The second kappa shape index (κ2) is 6.24. The molecule has 1 amide bonds. The zero-order chi connectivity index (χ0) is 13.9. The standard InChI is InChI=1S/C15H23N3OS/c1-2-12-15(19)18(10-9-17-7-3-4-8-17)14(16-12)13-6-5-11-20-13/h5-6,11-12,14,16H,2-4,7-10H2,1H3. The van der Waals surface area contributed by atoms with Crippen molar-refractivity contribution in [2.75, 3.05) is 26.2 Å². The van der Waals surface area contributed by atoms with Crippen molar-refractivity contribution in [2.45, 2.75) is 38.4 Å². The van der Waals surface area contributed by atoms with E-state index in [1.54, 1.807) is 11.3 Å². The third-order valence-electron chi connectivity index (χ3n) is 4.33. The van der Waals surface area contributed by atoms with Crippen molar-refractivity contribution in [3.05, 3.63) is 22.4 Å². The number of likely N-dealkylation sites (tertiary alicyclic amines) is 1. The summed E-state index contributed by atoms with van der Waals surface area (Å²) in [5.74, 6) is 0.269. The van der Waals surface area contributed by atoms with Gasteiger partial charge in [-0.25, -0.2) is 0 Å². The van der Waals surface area contributed by atoms with Crippen LogP contribution in [0.1, 0.15) is 37.2 Å². The maximum absolute atomic E-state index is 12.5. The van der Waals surface area contributed by atoms with E-state index in [-0.39, 0.29) is 18.1 Å².